The maximum Gasteiger partial charge on any atom is 0.191 e. The molecule has 7 heteroatoms. The molecule has 3 rings (SSSR count). The predicted octanol–water partition coefficient (Wildman–Crippen LogP) is 2.15. The van der Waals surface area contributed by atoms with E-state index < -0.39 is 0 Å². The van der Waals surface area contributed by atoms with Gasteiger partial charge < -0.3 is 10.6 Å². The molecule has 2 aromatic rings. The molecule has 0 spiro atoms. The third kappa shape index (κ3) is 5.70. The summed E-state index contributed by atoms with van der Waals surface area (Å²) < 4.78 is 1.86. The highest BCUT2D eigenvalue weighted by atomic mass is 127. The summed E-state index contributed by atoms with van der Waals surface area (Å²) in [6, 6.07) is 10.8. The number of nitrogens with zero attached hydrogens (tertiary/aromatic N) is 4. The van der Waals surface area contributed by atoms with Gasteiger partial charge >= 0.3 is 0 Å². The van der Waals surface area contributed by atoms with E-state index in [9.17, 15) is 0 Å². The number of rotatable bonds is 6. The third-order valence-electron chi connectivity index (χ3n) is 4.60. The average Bonchev–Trinajstić information content (AvgIpc) is 3.04. The Balaban J connectivity index is 0.00000243. The second-order valence-corrected chi connectivity index (χ2v) is 6.36. The van der Waals surface area contributed by atoms with Crippen molar-refractivity contribution in [2.75, 3.05) is 26.2 Å². The lowest BCUT2D eigenvalue weighted by atomic mass is 10.00. The van der Waals surface area contributed by atoms with E-state index in [1.807, 2.05) is 17.8 Å². The van der Waals surface area contributed by atoms with Gasteiger partial charge in [0, 0.05) is 46.0 Å². The first-order valence-corrected chi connectivity index (χ1v) is 9.04. The van der Waals surface area contributed by atoms with Gasteiger partial charge in [-0.25, -0.2) is 4.99 Å². The molecule has 0 radical (unpaired) electrons. The summed E-state index contributed by atoms with van der Waals surface area (Å²) in [5.41, 5.74) is 4.06. The van der Waals surface area contributed by atoms with E-state index in [1.165, 1.54) is 11.1 Å². The molecule has 0 saturated heterocycles. The minimum atomic E-state index is 0. The molecular weight excluding hydrogens is 439 g/mol. The van der Waals surface area contributed by atoms with Crippen LogP contribution in [0.4, 0.5) is 0 Å². The Labute approximate surface area is 173 Å². The summed E-state index contributed by atoms with van der Waals surface area (Å²) in [6.07, 6.45) is 2.95. The van der Waals surface area contributed by atoms with Crippen LogP contribution in [0, 0.1) is 0 Å². The van der Waals surface area contributed by atoms with Crippen LogP contribution in [-0.2, 0) is 26.6 Å². The van der Waals surface area contributed by atoms with Crippen LogP contribution in [0.2, 0.25) is 0 Å². The van der Waals surface area contributed by atoms with Gasteiger partial charge in [0.1, 0.15) is 0 Å². The first kappa shape index (κ1) is 20.7. The second kappa shape index (κ2) is 10.5. The van der Waals surface area contributed by atoms with E-state index in [0.717, 1.165) is 50.8 Å². The molecule has 26 heavy (non-hydrogen) atoms. The Hall–Kier alpha value is -1.61. The molecule has 0 bridgehead atoms. The Kier molecular flexibility index (Phi) is 8.37. The van der Waals surface area contributed by atoms with Crippen LogP contribution in [0.1, 0.15) is 23.7 Å². The minimum Gasteiger partial charge on any atom is -0.357 e. The molecule has 142 valence electrons. The van der Waals surface area contributed by atoms with Gasteiger partial charge in [-0.3, -0.25) is 9.58 Å². The summed E-state index contributed by atoms with van der Waals surface area (Å²) in [7, 11) is 1.94. The summed E-state index contributed by atoms with van der Waals surface area (Å²) in [6.45, 7) is 7.64. The molecule has 1 aliphatic rings. The van der Waals surface area contributed by atoms with Crippen LogP contribution in [0.25, 0.3) is 0 Å². The fourth-order valence-corrected chi connectivity index (χ4v) is 3.14. The number of guanidine groups is 1. The smallest absolute Gasteiger partial charge is 0.191 e. The highest BCUT2D eigenvalue weighted by Gasteiger charge is 2.15. The van der Waals surface area contributed by atoms with Gasteiger partial charge in [-0.15, -0.1) is 24.0 Å². The number of halogens is 1. The zero-order valence-electron chi connectivity index (χ0n) is 15.6. The van der Waals surface area contributed by atoms with Crippen molar-refractivity contribution in [1.29, 1.82) is 0 Å². The van der Waals surface area contributed by atoms with Gasteiger partial charge in [-0.2, -0.15) is 5.10 Å². The Bertz CT molecular complexity index is 712. The van der Waals surface area contributed by atoms with E-state index in [1.54, 1.807) is 6.20 Å². The van der Waals surface area contributed by atoms with Crippen LogP contribution in [0.3, 0.4) is 0 Å². The number of benzene rings is 1. The molecule has 0 aliphatic carbocycles. The molecule has 1 aromatic carbocycles. The van der Waals surface area contributed by atoms with E-state index in [0.29, 0.717) is 6.54 Å². The maximum atomic E-state index is 4.65. The van der Waals surface area contributed by atoms with Crippen molar-refractivity contribution in [2.45, 2.75) is 26.4 Å². The Morgan fingerprint density at radius 2 is 2.00 bits per heavy atom. The number of aromatic nitrogens is 2. The third-order valence-corrected chi connectivity index (χ3v) is 4.60. The standard InChI is InChI=1S/C19H28N6.HI/c1-3-20-19(22-14-18-8-10-23-24(18)2)21-11-13-25-12-9-16-6-4-5-7-17(16)15-25;/h4-8,10H,3,9,11-15H2,1-2H3,(H2,20,21,22);1H. The molecule has 2 heterocycles. The van der Waals surface area contributed by atoms with Gasteiger partial charge in [0.05, 0.1) is 12.2 Å². The van der Waals surface area contributed by atoms with Crippen LogP contribution in [-0.4, -0.2) is 46.8 Å². The van der Waals surface area contributed by atoms with Crippen molar-refractivity contribution >= 4 is 29.9 Å². The van der Waals surface area contributed by atoms with Crippen molar-refractivity contribution in [2.24, 2.45) is 12.0 Å². The first-order chi connectivity index (χ1) is 12.3. The molecule has 0 fully saturated rings. The van der Waals surface area contributed by atoms with E-state index >= 15 is 0 Å². The molecule has 6 nitrogen and oxygen atoms in total. The number of hydrogen-bond donors (Lipinski definition) is 2. The fraction of sp³-hybridized carbons (Fsp3) is 0.474. The van der Waals surface area contributed by atoms with Crippen molar-refractivity contribution in [3.8, 4) is 0 Å². The van der Waals surface area contributed by atoms with E-state index in [-0.39, 0.29) is 24.0 Å². The summed E-state index contributed by atoms with van der Waals surface area (Å²) in [5.74, 6) is 0.862. The highest BCUT2D eigenvalue weighted by Crippen LogP contribution is 2.17. The zero-order valence-corrected chi connectivity index (χ0v) is 17.9. The second-order valence-electron chi connectivity index (χ2n) is 6.36. The lowest BCUT2D eigenvalue weighted by molar-refractivity contribution is 0.258. The van der Waals surface area contributed by atoms with Gasteiger partial charge in [-0.1, -0.05) is 24.3 Å². The largest absolute Gasteiger partial charge is 0.357 e. The molecule has 0 atom stereocenters. The van der Waals surface area contributed by atoms with Crippen LogP contribution >= 0.6 is 24.0 Å². The molecular formula is C19H29IN6. The monoisotopic (exact) mass is 468 g/mol. The number of aryl methyl sites for hydroxylation is 1. The van der Waals surface area contributed by atoms with Crippen LogP contribution < -0.4 is 10.6 Å². The van der Waals surface area contributed by atoms with Crippen LogP contribution in [0.15, 0.2) is 41.5 Å². The number of aliphatic imine (C=N–C) groups is 1. The quantitative estimate of drug-likeness (QED) is 0.388. The Morgan fingerprint density at radius 1 is 1.19 bits per heavy atom. The zero-order chi connectivity index (χ0) is 17.5. The summed E-state index contributed by atoms with van der Waals surface area (Å²) >= 11 is 0. The average molecular weight is 468 g/mol. The molecule has 1 aliphatic heterocycles. The SMILES string of the molecule is CCNC(=NCc1ccnn1C)NCCN1CCc2ccccc2C1.I. The van der Waals surface area contributed by atoms with Crippen LogP contribution in [0.5, 0.6) is 0 Å². The van der Waals surface area contributed by atoms with Crippen molar-refractivity contribution < 1.29 is 0 Å². The normalized spacial score (nSPS) is 14.5. The molecule has 2 N–H and O–H groups in total. The lowest BCUT2D eigenvalue weighted by Crippen LogP contribution is -2.42. The first-order valence-electron chi connectivity index (χ1n) is 9.04. The predicted molar refractivity (Wildman–Crippen MR) is 117 cm³/mol. The molecule has 0 amide bonds. The van der Waals surface area contributed by atoms with E-state index in [4.69, 9.17) is 0 Å². The van der Waals surface area contributed by atoms with E-state index in [2.05, 4.69) is 56.8 Å². The van der Waals surface area contributed by atoms with Crippen molar-refractivity contribution in [3.05, 3.63) is 53.3 Å². The number of hydrogen-bond acceptors (Lipinski definition) is 3. The fourth-order valence-electron chi connectivity index (χ4n) is 3.14. The topological polar surface area (TPSA) is 57.5 Å². The molecule has 0 unspecified atom stereocenters. The van der Waals surface area contributed by atoms with Crippen molar-refractivity contribution in [1.82, 2.24) is 25.3 Å². The summed E-state index contributed by atoms with van der Waals surface area (Å²) in [5, 5.41) is 10.9. The van der Waals surface area contributed by atoms with Gasteiger partial charge in [0.25, 0.3) is 0 Å². The maximum absolute atomic E-state index is 4.65. The Morgan fingerprint density at radius 3 is 2.73 bits per heavy atom. The molecule has 0 saturated carbocycles. The number of nitrogens with one attached hydrogen (secondary N) is 2. The summed E-state index contributed by atoms with van der Waals surface area (Å²) in [4.78, 5) is 7.15. The number of fused-ring (bicyclic) bond motifs is 1. The molecule has 1 aromatic heterocycles. The van der Waals surface area contributed by atoms with Crippen molar-refractivity contribution in [3.63, 3.8) is 0 Å². The highest BCUT2D eigenvalue weighted by molar-refractivity contribution is 14.0. The van der Waals surface area contributed by atoms with Gasteiger partial charge in [0.2, 0.25) is 0 Å². The minimum absolute atomic E-state index is 0. The van der Waals surface area contributed by atoms with Gasteiger partial charge in [0.15, 0.2) is 5.96 Å². The van der Waals surface area contributed by atoms with Gasteiger partial charge in [-0.05, 0) is 30.5 Å². The lowest BCUT2D eigenvalue weighted by Gasteiger charge is -2.28.